The highest BCUT2D eigenvalue weighted by Crippen LogP contribution is 2.13. The standard InChI is InChI=1S/C16H24N4O/c1-12-6-5-7-15(8-12)9-20(13(2)11-21-4)10-16-17-14(3)18-19-16/h5-8,13H,9-11H2,1-4H3,(H,17,18,19)/t13-/m0/s1. The molecule has 1 aromatic carbocycles. The zero-order valence-electron chi connectivity index (χ0n) is 13.3. The molecular formula is C16H24N4O. The Morgan fingerprint density at radius 1 is 1.29 bits per heavy atom. The van der Waals surface area contributed by atoms with Crippen molar-refractivity contribution in [3.05, 3.63) is 47.0 Å². The fraction of sp³-hybridized carbons (Fsp3) is 0.500. The highest BCUT2D eigenvalue weighted by atomic mass is 16.5. The van der Waals surface area contributed by atoms with Crippen LogP contribution in [0.5, 0.6) is 0 Å². The molecule has 5 heteroatoms. The van der Waals surface area contributed by atoms with Crippen LogP contribution in [-0.4, -0.2) is 39.8 Å². The van der Waals surface area contributed by atoms with E-state index in [1.165, 1.54) is 11.1 Å². The van der Waals surface area contributed by atoms with Crippen LogP contribution in [0.15, 0.2) is 24.3 Å². The van der Waals surface area contributed by atoms with Crippen molar-refractivity contribution in [3.8, 4) is 0 Å². The number of nitrogens with one attached hydrogen (secondary N) is 1. The zero-order chi connectivity index (χ0) is 15.2. The molecule has 0 aliphatic rings. The lowest BCUT2D eigenvalue weighted by molar-refractivity contribution is 0.0878. The van der Waals surface area contributed by atoms with Gasteiger partial charge in [-0.15, -0.1) is 0 Å². The van der Waals surface area contributed by atoms with Gasteiger partial charge in [-0.2, -0.15) is 5.10 Å². The summed E-state index contributed by atoms with van der Waals surface area (Å²) in [5.41, 5.74) is 2.57. The van der Waals surface area contributed by atoms with Gasteiger partial charge in [0.25, 0.3) is 0 Å². The second kappa shape index (κ2) is 7.33. The molecule has 114 valence electrons. The predicted molar refractivity (Wildman–Crippen MR) is 82.9 cm³/mol. The monoisotopic (exact) mass is 288 g/mol. The number of nitrogens with zero attached hydrogens (tertiary/aromatic N) is 3. The van der Waals surface area contributed by atoms with Gasteiger partial charge in [0.15, 0.2) is 5.82 Å². The lowest BCUT2D eigenvalue weighted by Gasteiger charge is -2.27. The van der Waals surface area contributed by atoms with Gasteiger partial charge in [-0.05, 0) is 26.3 Å². The first-order valence-electron chi connectivity index (χ1n) is 7.25. The third-order valence-corrected chi connectivity index (χ3v) is 3.49. The summed E-state index contributed by atoms with van der Waals surface area (Å²) in [6.45, 7) is 8.46. The number of aromatic nitrogens is 3. The number of H-pyrrole nitrogens is 1. The number of benzene rings is 1. The molecule has 0 saturated heterocycles. The largest absolute Gasteiger partial charge is 0.383 e. The maximum absolute atomic E-state index is 5.30. The zero-order valence-corrected chi connectivity index (χ0v) is 13.3. The SMILES string of the molecule is COC[C@H](C)N(Cc1cccc(C)c1)Cc1n[nH]c(C)n1. The summed E-state index contributed by atoms with van der Waals surface area (Å²) in [5, 5.41) is 7.14. The van der Waals surface area contributed by atoms with Crippen molar-refractivity contribution in [2.75, 3.05) is 13.7 Å². The highest BCUT2D eigenvalue weighted by molar-refractivity contribution is 5.22. The predicted octanol–water partition coefficient (Wildman–Crippen LogP) is 2.46. The Kier molecular flexibility index (Phi) is 5.47. The van der Waals surface area contributed by atoms with E-state index in [1.807, 2.05) is 6.92 Å². The second-order valence-electron chi connectivity index (χ2n) is 5.54. The van der Waals surface area contributed by atoms with Crippen LogP contribution >= 0.6 is 0 Å². The molecule has 2 rings (SSSR count). The van der Waals surface area contributed by atoms with Crippen LogP contribution < -0.4 is 0 Å². The number of aryl methyl sites for hydroxylation is 2. The first-order chi connectivity index (χ1) is 10.1. The number of hydrogen-bond acceptors (Lipinski definition) is 4. The van der Waals surface area contributed by atoms with Gasteiger partial charge in [0.2, 0.25) is 0 Å². The average molecular weight is 288 g/mol. The third-order valence-electron chi connectivity index (χ3n) is 3.49. The molecule has 21 heavy (non-hydrogen) atoms. The second-order valence-corrected chi connectivity index (χ2v) is 5.54. The van der Waals surface area contributed by atoms with E-state index in [4.69, 9.17) is 4.74 Å². The minimum Gasteiger partial charge on any atom is -0.383 e. The van der Waals surface area contributed by atoms with Crippen LogP contribution in [0.3, 0.4) is 0 Å². The number of methoxy groups -OCH3 is 1. The van der Waals surface area contributed by atoms with Crippen molar-refractivity contribution in [3.63, 3.8) is 0 Å². The first kappa shape index (κ1) is 15.7. The van der Waals surface area contributed by atoms with Gasteiger partial charge in [-0.3, -0.25) is 10.00 Å². The summed E-state index contributed by atoms with van der Waals surface area (Å²) in [4.78, 5) is 6.74. The van der Waals surface area contributed by atoms with Crippen LogP contribution in [-0.2, 0) is 17.8 Å². The number of aromatic amines is 1. The number of rotatable bonds is 7. The van der Waals surface area contributed by atoms with E-state index in [0.717, 1.165) is 18.2 Å². The van der Waals surface area contributed by atoms with Crippen molar-refractivity contribution < 1.29 is 4.74 Å². The van der Waals surface area contributed by atoms with E-state index in [-0.39, 0.29) is 0 Å². The summed E-state index contributed by atoms with van der Waals surface area (Å²) in [6, 6.07) is 8.89. The Bertz CT molecular complexity index is 567. The molecule has 1 aromatic heterocycles. The molecule has 1 heterocycles. The maximum atomic E-state index is 5.30. The fourth-order valence-electron chi connectivity index (χ4n) is 2.40. The Balaban J connectivity index is 2.11. The van der Waals surface area contributed by atoms with Gasteiger partial charge in [0, 0.05) is 19.7 Å². The molecule has 0 aliphatic heterocycles. The van der Waals surface area contributed by atoms with Gasteiger partial charge >= 0.3 is 0 Å². The van der Waals surface area contributed by atoms with E-state index in [2.05, 4.69) is 58.2 Å². The average Bonchev–Trinajstić information content (AvgIpc) is 2.84. The molecule has 5 nitrogen and oxygen atoms in total. The van der Waals surface area contributed by atoms with Crippen LogP contribution in [0.25, 0.3) is 0 Å². The summed E-state index contributed by atoms with van der Waals surface area (Å²) < 4.78 is 5.30. The van der Waals surface area contributed by atoms with Crippen LogP contribution in [0, 0.1) is 13.8 Å². The number of ether oxygens (including phenoxy) is 1. The summed E-state index contributed by atoms with van der Waals surface area (Å²) in [7, 11) is 1.73. The molecule has 2 aromatic rings. The van der Waals surface area contributed by atoms with Crippen LogP contribution in [0.1, 0.15) is 29.7 Å². The van der Waals surface area contributed by atoms with Crippen molar-refractivity contribution in [2.45, 2.75) is 39.9 Å². The Hall–Kier alpha value is -1.72. The van der Waals surface area contributed by atoms with E-state index in [1.54, 1.807) is 7.11 Å². The van der Waals surface area contributed by atoms with Crippen molar-refractivity contribution >= 4 is 0 Å². The molecule has 0 amide bonds. The maximum Gasteiger partial charge on any atom is 0.164 e. The lowest BCUT2D eigenvalue weighted by Crippen LogP contribution is -2.35. The quantitative estimate of drug-likeness (QED) is 0.850. The van der Waals surface area contributed by atoms with Gasteiger partial charge in [0.1, 0.15) is 5.82 Å². The van der Waals surface area contributed by atoms with Crippen LogP contribution in [0.4, 0.5) is 0 Å². The van der Waals surface area contributed by atoms with Crippen molar-refractivity contribution in [1.82, 2.24) is 20.1 Å². The molecule has 0 bridgehead atoms. The molecule has 0 saturated carbocycles. The Morgan fingerprint density at radius 2 is 2.10 bits per heavy atom. The van der Waals surface area contributed by atoms with Crippen molar-refractivity contribution in [1.29, 1.82) is 0 Å². The number of hydrogen-bond donors (Lipinski definition) is 1. The molecular weight excluding hydrogens is 264 g/mol. The lowest BCUT2D eigenvalue weighted by atomic mass is 10.1. The summed E-state index contributed by atoms with van der Waals surface area (Å²) >= 11 is 0. The van der Waals surface area contributed by atoms with E-state index < -0.39 is 0 Å². The highest BCUT2D eigenvalue weighted by Gasteiger charge is 2.17. The molecule has 0 fully saturated rings. The third kappa shape index (κ3) is 4.65. The normalized spacial score (nSPS) is 12.8. The topological polar surface area (TPSA) is 54.0 Å². The minimum absolute atomic E-state index is 0.300. The van der Waals surface area contributed by atoms with E-state index in [9.17, 15) is 0 Å². The molecule has 0 unspecified atom stereocenters. The smallest absolute Gasteiger partial charge is 0.164 e. The molecule has 0 spiro atoms. The van der Waals surface area contributed by atoms with Gasteiger partial charge in [0.05, 0.1) is 13.2 Å². The molecule has 1 N–H and O–H groups in total. The van der Waals surface area contributed by atoms with E-state index in [0.29, 0.717) is 19.2 Å². The van der Waals surface area contributed by atoms with Gasteiger partial charge in [-0.1, -0.05) is 29.8 Å². The van der Waals surface area contributed by atoms with Crippen LogP contribution in [0.2, 0.25) is 0 Å². The van der Waals surface area contributed by atoms with Gasteiger partial charge < -0.3 is 4.74 Å². The Labute approximate surface area is 126 Å². The first-order valence-corrected chi connectivity index (χ1v) is 7.25. The molecule has 0 aliphatic carbocycles. The van der Waals surface area contributed by atoms with Gasteiger partial charge in [-0.25, -0.2) is 4.98 Å². The molecule has 0 radical (unpaired) electrons. The fourth-order valence-corrected chi connectivity index (χ4v) is 2.40. The molecule has 1 atom stereocenters. The summed E-state index contributed by atoms with van der Waals surface area (Å²) in [5.74, 6) is 1.67. The minimum atomic E-state index is 0.300. The van der Waals surface area contributed by atoms with Crippen molar-refractivity contribution in [2.24, 2.45) is 0 Å². The summed E-state index contributed by atoms with van der Waals surface area (Å²) in [6.07, 6.45) is 0. The Morgan fingerprint density at radius 3 is 2.71 bits per heavy atom. The van der Waals surface area contributed by atoms with E-state index >= 15 is 0 Å².